The van der Waals surface area contributed by atoms with Crippen molar-refractivity contribution >= 4 is 17.5 Å². The van der Waals surface area contributed by atoms with Crippen molar-refractivity contribution in [3.05, 3.63) is 35.9 Å². The van der Waals surface area contributed by atoms with E-state index in [2.05, 4.69) is 20.4 Å². The Morgan fingerprint density at radius 1 is 0.962 bits per heavy atom. The number of benzene rings is 1. The third-order valence-corrected chi connectivity index (χ3v) is 4.48. The largest absolute Gasteiger partial charge is 0.496 e. The van der Waals surface area contributed by atoms with Gasteiger partial charge < -0.3 is 19.7 Å². The van der Waals surface area contributed by atoms with Crippen molar-refractivity contribution in [2.24, 2.45) is 0 Å². The van der Waals surface area contributed by atoms with Gasteiger partial charge in [-0.3, -0.25) is 4.79 Å². The van der Waals surface area contributed by atoms with E-state index in [1.54, 1.807) is 24.3 Å². The highest BCUT2D eigenvalue weighted by Gasteiger charge is 2.19. The minimum Gasteiger partial charge on any atom is -0.496 e. The Morgan fingerprint density at radius 3 is 2.15 bits per heavy atom. The summed E-state index contributed by atoms with van der Waals surface area (Å²) < 4.78 is 10.5. The zero-order chi connectivity index (χ0) is 18.4. The van der Waals surface area contributed by atoms with E-state index in [1.807, 2.05) is 6.07 Å². The number of nitrogens with one attached hydrogen (secondary N) is 1. The molecule has 7 heteroatoms. The van der Waals surface area contributed by atoms with Gasteiger partial charge in [0.25, 0.3) is 5.91 Å². The Kier molecular flexibility index (Phi) is 5.88. The van der Waals surface area contributed by atoms with Gasteiger partial charge >= 0.3 is 0 Å². The highest BCUT2D eigenvalue weighted by molar-refractivity contribution is 6.07. The molecular weight excluding hydrogens is 332 g/mol. The fourth-order valence-corrected chi connectivity index (χ4v) is 3.11. The van der Waals surface area contributed by atoms with E-state index >= 15 is 0 Å². The zero-order valence-electron chi connectivity index (χ0n) is 15.2. The highest BCUT2D eigenvalue weighted by atomic mass is 16.5. The number of carbonyl (C=O) groups is 1. The molecule has 0 atom stereocenters. The van der Waals surface area contributed by atoms with Gasteiger partial charge in [-0.2, -0.15) is 0 Å². The number of methoxy groups -OCH3 is 2. The minimum atomic E-state index is -0.351. The van der Waals surface area contributed by atoms with Gasteiger partial charge in [0.1, 0.15) is 17.1 Å². The average Bonchev–Trinajstić information content (AvgIpc) is 2.97. The monoisotopic (exact) mass is 356 g/mol. The summed E-state index contributed by atoms with van der Waals surface area (Å²) in [5, 5.41) is 11.2. The number of hydrogen-bond acceptors (Lipinski definition) is 6. The summed E-state index contributed by atoms with van der Waals surface area (Å²) in [7, 11) is 3.03. The van der Waals surface area contributed by atoms with Crippen LogP contribution in [0.1, 0.15) is 36.0 Å². The summed E-state index contributed by atoms with van der Waals surface area (Å²) >= 11 is 0. The molecule has 1 aliphatic heterocycles. The van der Waals surface area contributed by atoms with Crippen molar-refractivity contribution in [1.82, 2.24) is 10.2 Å². The second-order valence-electron chi connectivity index (χ2n) is 6.17. The Hall–Kier alpha value is -2.83. The number of ether oxygens (including phenoxy) is 2. The number of amides is 1. The van der Waals surface area contributed by atoms with Gasteiger partial charge in [-0.15, -0.1) is 10.2 Å². The maximum absolute atomic E-state index is 12.7. The van der Waals surface area contributed by atoms with Crippen LogP contribution in [0, 0.1) is 0 Å². The number of nitrogens with zero attached hydrogens (tertiary/aromatic N) is 3. The predicted octanol–water partition coefficient (Wildman–Crippen LogP) is 3.13. The van der Waals surface area contributed by atoms with E-state index in [0.717, 1.165) is 18.9 Å². The first kappa shape index (κ1) is 18.0. The van der Waals surface area contributed by atoms with Crippen molar-refractivity contribution < 1.29 is 14.3 Å². The number of anilines is 2. The Balaban J connectivity index is 1.74. The maximum atomic E-state index is 12.7. The fraction of sp³-hybridized carbons (Fsp3) is 0.421. The number of hydrogen-bond donors (Lipinski definition) is 1. The van der Waals surface area contributed by atoms with Crippen LogP contribution >= 0.6 is 0 Å². The quantitative estimate of drug-likeness (QED) is 0.887. The zero-order valence-corrected chi connectivity index (χ0v) is 15.2. The molecule has 0 aliphatic carbocycles. The standard InChI is InChI=1S/C19H24N4O3/c1-25-14-8-7-9-15(26-2)18(14)19(24)20-16-10-11-17(22-21-16)23-12-5-3-4-6-13-23/h7-11H,3-6,12-13H2,1-2H3,(H,20,21,24). The molecule has 0 unspecified atom stereocenters. The first-order valence-corrected chi connectivity index (χ1v) is 8.84. The van der Waals surface area contributed by atoms with Crippen LogP contribution in [-0.4, -0.2) is 43.4 Å². The van der Waals surface area contributed by atoms with E-state index in [-0.39, 0.29) is 5.91 Å². The Bertz CT molecular complexity index is 719. The molecule has 7 nitrogen and oxygen atoms in total. The smallest absolute Gasteiger partial charge is 0.264 e. The number of aromatic nitrogens is 2. The Morgan fingerprint density at radius 2 is 1.62 bits per heavy atom. The van der Waals surface area contributed by atoms with E-state index in [9.17, 15) is 4.79 Å². The predicted molar refractivity (Wildman–Crippen MR) is 100 cm³/mol. The normalized spacial score (nSPS) is 14.5. The van der Waals surface area contributed by atoms with E-state index in [4.69, 9.17) is 9.47 Å². The molecular formula is C19H24N4O3. The molecule has 1 aliphatic rings. The molecule has 2 aromatic rings. The van der Waals surface area contributed by atoms with Crippen molar-refractivity contribution in [1.29, 1.82) is 0 Å². The summed E-state index contributed by atoms with van der Waals surface area (Å²) in [4.78, 5) is 14.9. The van der Waals surface area contributed by atoms with Crippen molar-refractivity contribution in [3.63, 3.8) is 0 Å². The summed E-state index contributed by atoms with van der Waals surface area (Å²) in [5.41, 5.74) is 0.330. The molecule has 0 saturated carbocycles. The number of rotatable bonds is 5. The van der Waals surface area contributed by atoms with Crippen LogP contribution in [0.2, 0.25) is 0 Å². The molecule has 26 heavy (non-hydrogen) atoms. The second-order valence-corrected chi connectivity index (χ2v) is 6.17. The average molecular weight is 356 g/mol. The lowest BCUT2D eigenvalue weighted by Crippen LogP contribution is -2.25. The van der Waals surface area contributed by atoms with Crippen molar-refractivity contribution in [2.75, 3.05) is 37.5 Å². The molecule has 3 rings (SSSR count). The van der Waals surface area contributed by atoms with Crippen LogP contribution in [0.5, 0.6) is 11.5 Å². The highest BCUT2D eigenvalue weighted by Crippen LogP contribution is 2.29. The summed E-state index contributed by atoms with van der Waals surface area (Å²) in [6.45, 7) is 2.00. The van der Waals surface area contributed by atoms with Gasteiger partial charge in [0.2, 0.25) is 0 Å². The summed E-state index contributed by atoms with van der Waals surface area (Å²) in [6, 6.07) is 8.86. The molecule has 1 amide bonds. The maximum Gasteiger partial charge on any atom is 0.264 e. The van der Waals surface area contributed by atoms with Gasteiger partial charge in [0, 0.05) is 13.1 Å². The van der Waals surface area contributed by atoms with E-state index in [1.165, 1.54) is 39.9 Å². The van der Waals surface area contributed by atoms with E-state index in [0.29, 0.717) is 22.9 Å². The van der Waals surface area contributed by atoms with Crippen molar-refractivity contribution in [3.8, 4) is 11.5 Å². The Labute approximate surface area is 153 Å². The molecule has 2 heterocycles. The molecule has 1 aromatic heterocycles. The topological polar surface area (TPSA) is 76.6 Å². The van der Waals surface area contributed by atoms with Gasteiger partial charge in [-0.05, 0) is 37.1 Å². The lowest BCUT2D eigenvalue weighted by Gasteiger charge is -2.20. The summed E-state index contributed by atoms with van der Waals surface area (Å²) in [5.74, 6) is 1.77. The first-order chi connectivity index (χ1) is 12.7. The van der Waals surface area contributed by atoms with E-state index < -0.39 is 0 Å². The lowest BCUT2D eigenvalue weighted by atomic mass is 10.1. The van der Waals surface area contributed by atoms with Crippen LogP contribution in [0.25, 0.3) is 0 Å². The molecule has 1 saturated heterocycles. The van der Waals surface area contributed by atoms with Crippen LogP contribution in [-0.2, 0) is 0 Å². The molecule has 138 valence electrons. The summed E-state index contributed by atoms with van der Waals surface area (Å²) in [6.07, 6.45) is 4.87. The van der Waals surface area contributed by atoms with Crippen LogP contribution in [0.4, 0.5) is 11.6 Å². The molecule has 1 fully saturated rings. The van der Waals surface area contributed by atoms with Gasteiger partial charge in [0.15, 0.2) is 11.6 Å². The minimum absolute atomic E-state index is 0.330. The molecule has 0 radical (unpaired) electrons. The van der Waals surface area contributed by atoms with Crippen LogP contribution in [0.15, 0.2) is 30.3 Å². The van der Waals surface area contributed by atoms with Crippen molar-refractivity contribution in [2.45, 2.75) is 25.7 Å². The van der Waals surface area contributed by atoms with Gasteiger partial charge in [0.05, 0.1) is 14.2 Å². The van der Waals surface area contributed by atoms with Crippen LogP contribution in [0.3, 0.4) is 0 Å². The number of carbonyl (C=O) groups excluding carboxylic acids is 1. The third-order valence-electron chi connectivity index (χ3n) is 4.48. The third kappa shape index (κ3) is 4.04. The molecule has 1 aromatic carbocycles. The fourth-order valence-electron chi connectivity index (χ4n) is 3.11. The lowest BCUT2D eigenvalue weighted by molar-refractivity contribution is 0.102. The van der Waals surface area contributed by atoms with Gasteiger partial charge in [-0.1, -0.05) is 18.9 Å². The molecule has 0 bridgehead atoms. The molecule has 1 N–H and O–H groups in total. The SMILES string of the molecule is COc1cccc(OC)c1C(=O)Nc1ccc(N2CCCCCC2)nn1. The van der Waals surface area contributed by atoms with Crippen LogP contribution < -0.4 is 19.7 Å². The second kappa shape index (κ2) is 8.51. The van der Waals surface area contributed by atoms with Gasteiger partial charge in [-0.25, -0.2) is 0 Å². The first-order valence-electron chi connectivity index (χ1n) is 8.84. The molecule has 0 spiro atoms.